The minimum Gasteiger partial charge on any atom is -0.493 e. The van der Waals surface area contributed by atoms with Gasteiger partial charge in [-0.25, -0.2) is 0 Å². The first-order valence-electron chi connectivity index (χ1n) is 7.17. The highest BCUT2D eigenvalue weighted by Crippen LogP contribution is 2.34. The molecule has 5 heteroatoms. The van der Waals surface area contributed by atoms with Crippen LogP contribution in [0.15, 0.2) is 12.1 Å². The highest BCUT2D eigenvalue weighted by molar-refractivity contribution is 6.30. The molecule has 0 radical (unpaired) electrons. The molecule has 0 aliphatic carbocycles. The van der Waals surface area contributed by atoms with E-state index >= 15 is 0 Å². The number of fused-ring (bicyclic) bond motifs is 1. The van der Waals surface area contributed by atoms with E-state index in [1.165, 1.54) is 11.1 Å². The van der Waals surface area contributed by atoms with Crippen LogP contribution in [-0.2, 0) is 17.7 Å². The Morgan fingerprint density at radius 3 is 3.10 bits per heavy atom. The summed E-state index contributed by atoms with van der Waals surface area (Å²) in [5, 5.41) is 0.792. The Labute approximate surface area is 124 Å². The highest BCUT2D eigenvalue weighted by atomic mass is 35.5. The Morgan fingerprint density at radius 1 is 1.45 bits per heavy atom. The van der Waals surface area contributed by atoms with Crippen LogP contribution in [0, 0.1) is 0 Å². The molecule has 3 rings (SSSR count). The van der Waals surface area contributed by atoms with Crippen LogP contribution in [0.2, 0.25) is 5.02 Å². The van der Waals surface area contributed by atoms with Crippen molar-refractivity contribution in [3.63, 3.8) is 0 Å². The summed E-state index contributed by atoms with van der Waals surface area (Å²) in [6.07, 6.45) is 1.08. The van der Waals surface area contributed by atoms with Crippen molar-refractivity contribution in [2.24, 2.45) is 5.73 Å². The molecule has 110 valence electrons. The van der Waals surface area contributed by atoms with Gasteiger partial charge in [0, 0.05) is 42.7 Å². The van der Waals surface area contributed by atoms with Crippen LogP contribution in [0.4, 0.5) is 0 Å². The normalized spacial score (nSPS) is 26.4. The Hall–Kier alpha value is -0.810. The number of benzene rings is 1. The number of halogens is 1. The van der Waals surface area contributed by atoms with Crippen molar-refractivity contribution in [2.45, 2.75) is 32.0 Å². The molecule has 0 aromatic heterocycles. The van der Waals surface area contributed by atoms with Crippen molar-refractivity contribution in [1.82, 2.24) is 4.90 Å². The van der Waals surface area contributed by atoms with Crippen molar-refractivity contribution in [3.8, 4) is 5.75 Å². The van der Waals surface area contributed by atoms with E-state index in [4.69, 9.17) is 26.8 Å². The van der Waals surface area contributed by atoms with Gasteiger partial charge in [-0.3, -0.25) is 4.90 Å². The van der Waals surface area contributed by atoms with Gasteiger partial charge in [-0.05, 0) is 24.6 Å². The Kier molecular flexibility index (Phi) is 4.17. The third kappa shape index (κ3) is 2.79. The number of nitrogens with zero attached hydrogens (tertiary/aromatic N) is 1. The summed E-state index contributed by atoms with van der Waals surface area (Å²) in [5.41, 5.74) is 8.12. The first kappa shape index (κ1) is 14.1. The van der Waals surface area contributed by atoms with Crippen LogP contribution in [0.5, 0.6) is 5.75 Å². The van der Waals surface area contributed by atoms with Gasteiger partial charge in [-0.1, -0.05) is 11.6 Å². The zero-order valence-electron chi connectivity index (χ0n) is 11.8. The molecule has 1 fully saturated rings. The molecule has 0 amide bonds. The fourth-order valence-corrected chi connectivity index (χ4v) is 3.18. The molecule has 2 unspecified atom stereocenters. The quantitative estimate of drug-likeness (QED) is 0.924. The first-order chi connectivity index (χ1) is 9.67. The molecule has 0 spiro atoms. The average molecular weight is 297 g/mol. The molecule has 0 bridgehead atoms. The van der Waals surface area contributed by atoms with Crippen LogP contribution in [0.25, 0.3) is 0 Å². The summed E-state index contributed by atoms with van der Waals surface area (Å²) in [4.78, 5) is 2.40. The molecule has 1 aromatic carbocycles. The minimum atomic E-state index is 0.124. The molecule has 2 aliphatic heterocycles. The summed E-state index contributed by atoms with van der Waals surface area (Å²) in [6, 6.07) is 4.42. The second kappa shape index (κ2) is 5.90. The topological polar surface area (TPSA) is 47.7 Å². The van der Waals surface area contributed by atoms with Gasteiger partial charge in [-0.15, -0.1) is 0 Å². The predicted octanol–water partition coefficient (Wildman–Crippen LogP) is 1.82. The van der Waals surface area contributed by atoms with E-state index < -0.39 is 0 Å². The lowest BCUT2D eigenvalue weighted by molar-refractivity contribution is -0.0569. The number of rotatable bonds is 3. The van der Waals surface area contributed by atoms with Gasteiger partial charge < -0.3 is 15.2 Å². The largest absolute Gasteiger partial charge is 0.493 e. The second-order valence-electron chi connectivity index (χ2n) is 5.62. The van der Waals surface area contributed by atoms with Crippen LogP contribution in [0.1, 0.15) is 18.1 Å². The zero-order valence-corrected chi connectivity index (χ0v) is 12.5. The maximum Gasteiger partial charge on any atom is 0.127 e. The van der Waals surface area contributed by atoms with Gasteiger partial charge in [0.1, 0.15) is 5.75 Å². The van der Waals surface area contributed by atoms with Gasteiger partial charge in [0.05, 0.1) is 19.3 Å². The van der Waals surface area contributed by atoms with E-state index in [0.29, 0.717) is 12.6 Å². The smallest absolute Gasteiger partial charge is 0.127 e. The van der Waals surface area contributed by atoms with Gasteiger partial charge in [0.15, 0.2) is 0 Å². The van der Waals surface area contributed by atoms with E-state index in [1.54, 1.807) is 0 Å². The number of hydrogen-bond acceptors (Lipinski definition) is 4. The molecule has 2 aliphatic rings. The van der Waals surface area contributed by atoms with Crippen molar-refractivity contribution in [3.05, 3.63) is 28.3 Å². The fraction of sp³-hybridized carbons (Fsp3) is 0.600. The SMILES string of the molecule is CC1COC(CN)CN1Cc1cc(Cl)cc2c1OCC2. The molecule has 1 aromatic rings. The highest BCUT2D eigenvalue weighted by Gasteiger charge is 2.27. The van der Waals surface area contributed by atoms with Crippen LogP contribution in [-0.4, -0.2) is 43.3 Å². The molecule has 0 saturated carbocycles. The Morgan fingerprint density at radius 2 is 2.30 bits per heavy atom. The molecular formula is C15H21ClN2O2. The Bertz CT molecular complexity index is 495. The van der Waals surface area contributed by atoms with E-state index in [1.807, 2.05) is 12.1 Å². The maximum absolute atomic E-state index is 6.22. The van der Waals surface area contributed by atoms with Crippen LogP contribution >= 0.6 is 11.6 Å². The van der Waals surface area contributed by atoms with Gasteiger partial charge in [0.2, 0.25) is 0 Å². The third-order valence-corrected chi connectivity index (χ3v) is 4.31. The van der Waals surface area contributed by atoms with Gasteiger partial charge in [0.25, 0.3) is 0 Å². The third-order valence-electron chi connectivity index (χ3n) is 4.10. The maximum atomic E-state index is 6.22. The lowest BCUT2D eigenvalue weighted by atomic mass is 10.1. The number of hydrogen-bond donors (Lipinski definition) is 1. The molecule has 1 saturated heterocycles. The molecule has 4 nitrogen and oxygen atoms in total. The zero-order chi connectivity index (χ0) is 14.1. The molecular weight excluding hydrogens is 276 g/mol. The number of morpholine rings is 1. The van der Waals surface area contributed by atoms with Gasteiger partial charge >= 0.3 is 0 Å². The summed E-state index contributed by atoms with van der Waals surface area (Å²) >= 11 is 6.22. The lowest BCUT2D eigenvalue weighted by Crippen LogP contribution is -2.50. The molecule has 2 heterocycles. The standard InChI is InChI=1S/C15H21ClN2O2/c1-10-9-20-14(6-17)8-18(10)7-12-5-13(16)4-11-2-3-19-15(11)12/h4-5,10,14H,2-3,6-9,17H2,1H3. The van der Waals surface area contributed by atoms with Crippen molar-refractivity contribution in [2.75, 3.05) is 26.3 Å². The monoisotopic (exact) mass is 296 g/mol. The first-order valence-corrected chi connectivity index (χ1v) is 7.55. The van der Waals surface area contributed by atoms with Gasteiger partial charge in [-0.2, -0.15) is 0 Å². The average Bonchev–Trinajstić information content (AvgIpc) is 2.89. The summed E-state index contributed by atoms with van der Waals surface area (Å²) in [5.74, 6) is 1.03. The van der Waals surface area contributed by atoms with E-state index in [-0.39, 0.29) is 6.10 Å². The predicted molar refractivity (Wildman–Crippen MR) is 79.3 cm³/mol. The van der Waals surface area contributed by atoms with Crippen molar-refractivity contribution in [1.29, 1.82) is 0 Å². The van der Waals surface area contributed by atoms with Crippen molar-refractivity contribution < 1.29 is 9.47 Å². The van der Waals surface area contributed by atoms with Crippen molar-refractivity contribution >= 4 is 11.6 Å². The lowest BCUT2D eigenvalue weighted by Gasteiger charge is -2.37. The number of nitrogens with two attached hydrogens (primary N) is 1. The van der Waals surface area contributed by atoms with E-state index in [9.17, 15) is 0 Å². The molecule has 2 N–H and O–H groups in total. The fourth-order valence-electron chi connectivity index (χ4n) is 2.92. The second-order valence-corrected chi connectivity index (χ2v) is 6.06. The van der Waals surface area contributed by atoms with Crippen LogP contribution in [0.3, 0.4) is 0 Å². The molecule has 2 atom stereocenters. The summed E-state index contributed by atoms with van der Waals surface area (Å²) < 4.78 is 11.5. The van der Waals surface area contributed by atoms with Crippen LogP contribution < -0.4 is 10.5 Å². The van der Waals surface area contributed by atoms with E-state index in [0.717, 1.165) is 43.5 Å². The minimum absolute atomic E-state index is 0.124. The summed E-state index contributed by atoms with van der Waals surface area (Å²) in [7, 11) is 0. The van der Waals surface area contributed by atoms with E-state index in [2.05, 4.69) is 11.8 Å². The Balaban J connectivity index is 1.80. The summed E-state index contributed by atoms with van der Waals surface area (Å²) in [6.45, 7) is 5.92. The molecule has 20 heavy (non-hydrogen) atoms. The number of ether oxygens (including phenoxy) is 2.